The number of rotatable bonds is 7. The minimum absolute atomic E-state index is 0.0670. The van der Waals surface area contributed by atoms with E-state index in [-0.39, 0.29) is 37.1 Å². The highest BCUT2D eigenvalue weighted by molar-refractivity contribution is 6.36. The summed E-state index contributed by atoms with van der Waals surface area (Å²) in [6, 6.07) is 17.5. The maximum absolute atomic E-state index is 13.9. The molecule has 224 valence electrons. The SMILES string of the molecule is C=C(F)C(=O)N1CC2CC(C1CC#N)N2c1nc(OCC2CCCN2C)nc2nc(-c3cccc4cccc(Cl)c34)ccc12. The molecule has 0 spiro atoms. The van der Waals surface area contributed by atoms with E-state index in [0.29, 0.717) is 28.8 Å². The van der Waals surface area contributed by atoms with Crippen LogP contribution in [0.25, 0.3) is 33.1 Å². The number of piperazine rings is 1. The van der Waals surface area contributed by atoms with Crippen molar-refractivity contribution in [2.75, 3.05) is 31.6 Å². The summed E-state index contributed by atoms with van der Waals surface area (Å²) >= 11 is 6.65. The third-order valence-electron chi connectivity index (χ3n) is 9.28. The zero-order chi connectivity index (χ0) is 30.5. The molecule has 4 aromatic rings. The van der Waals surface area contributed by atoms with Crippen molar-refractivity contribution in [1.29, 1.82) is 5.26 Å². The average Bonchev–Trinajstić information content (AvgIpc) is 3.43. The highest BCUT2D eigenvalue weighted by Gasteiger charge is 2.53. The molecular weight excluding hydrogens is 581 g/mol. The minimum atomic E-state index is -1.02. The molecule has 0 aliphatic carbocycles. The number of benzene rings is 2. The van der Waals surface area contributed by atoms with Gasteiger partial charge in [0.2, 0.25) is 0 Å². The first-order valence-electron chi connectivity index (χ1n) is 14.8. The standard InChI is InChI=1S/C33H31ClFN7O2/c1-19(35)32(43)41-17-22-16-28(27(41)13-14-36)42(22)31-24-11-12-26(23-9-3-6-20-7-4-10-25(34)29(20)23)37-30(24)38-33(39-31)44-18-21-8-5-15-40(21)2/h3-4,6-7,9-12,21-22,27-28H,1,5,8,13,15-18H2,2H3. The number of halogens is 2. The smallest absolute Gasteiger partial charge is 0.320 e. The van der Waals surface area contributed by atoms with Crippen molar-refractivity contribution < 1.29 is 13.9 Å². The Morgan fingerprint density at radius 3 is 2.75 bits per heavy atom. The van der Waals surface area contributed by atoms with E-state index in [2.05, 4.69) is 29.5 Å². The number of anilines is 1. The maximum atomic E-state index is 13.9. The molecule has 9 nitrogen and oxygen atoms in total. The van der Waals surface area contributed by atoms with E-state index in [1.165, 1.54) is 4.90 Å². The van der Waals surface area contributed by atoms with Crippen LogP contribution in [0.15, 0.2) is 60.9 Å². The second-order valence-corrected chi connectivity index (χ2v) is 12.2. The highest BCUT2D eigenvalue weighted by Crippen LogP contribution is 2.44. The summed E-state index contributed by atoms with van der Waals surface area (Å²) in [5.74, 6) is -1.15. The van der Waals surface area contributed by atoms with Crippen LogP contribution in [0, 0.1) is 11.3 Å². The van der Waals surface area contributed by atoms with Crippen LogP contribution in [-0.4, -0.2) is 81.6 Å². The zero-order valence-corrected chi connectivity index (χ0v) is 25.0. The second-order valence-electron chi connectivity index (χ2n) is 11.8. The molecule has 4 aliphatic heterocycles. The molecule has 0 saturated carbocycles. The second kappa shape index (κ2) is 11.3. The fourth-order valence-electron chi connectivity index (χ4n) is 7.03. The highest BCUT2D eigenvalue weighted by atomic mass is 35.5. The number of carbonyl (C=O) groups excluding carboxylic acids is 1. The minimum Gasteiger partial charge on any atom is -0.462 e. The zero-order valence-electron chi connectivity index (χ0n) is 24.3. The van der Waals surface area contributed by atoms with Gasteiger partial charge in [0.25, 0.3) is 5.91 Å². The summed E-state index contributed by atoms with van der Waals surface area (Å²) in [6.45, 7) is 4.93. The Kier molecular flexibility index (Phi) is 7.31. The van der Waals surface area contributed by atoms with E-state index in [4.69, 9.17) is 31.3 Å². The number of likely N-dealkylation sites (N-methyl/N-ethyl adjacent to an activating group) is 1. The Morgan fingerprint density at radius 2 is 2.00 bits per heavy atom. The van der Waals surface area contributed by atoms with Gasteiger partial charge in [-0.25, -0.2) is 9.37 Å². The maximum Gasteiger partial charge on any atom is 0.320 e. The van der Waals surface area contributed by atoms with Gasteiger partial charge in [0, 0.05) is 28.6 Å². The van der Waals surface area contributed by atoms with E-state index >= 15 is 0 Å². The van der Waals surface area contributed by atoms with Gasteiger partial charge in [0.1, 0.15) is 12.4 Å². The Balaban J connectivity index is 1.32. The number of carbonyl (C=O) groups is 1. The number of nitrogens with zero attached hydrogens (tertiary/aromatic N) is 7. The van der Waals surface area contributed by atoms with Crippen molar-refractivity contribution in [2.45, 2.75) is 49.9 Å². The van der Waals surface area contributed by atoms with Gasteiger partial charge in [-0.05, 0) is 56.4 Å². The van der Waals surface area contributed by atoms with Gasteiger partial charge < -0.3 is 19.4 Å². The van der Waals surface area contributed by atoms with Crippen LogP contribution in [0.1, 0.15) is 25.7 Å². The van der Waals surface area contributed by atoms with Crippen molar-refractivity contribution >= 4 is 45.1 Å². The average molecular weight is 612 g/mol. The van der Waals surface area contributed by atoms with E-state index in [1.54, 1.807) is 0 Å². The Hall–Kier alpha value is -4.33. The van der Waals surface area contributed by atoms with E-state index in [0.717, 1.165) is 47.5 Å². The first kappa shape index (κ1) is 28.4. The largest absolute Gasteiger partial charge is 0.462 e. The molecule has 44 heavy (non-hydrogen) atoms. The van der Waals surface area contributed by atoms with Gasteiger partial charge in [-0.3, -0.25) is 4.79 Å². The summed E-state index contributed by atoms with van der Waals surface area (Å²) in [6.07, 6.45) is 2.98. The molecule has 0 N–H and O–H groups in total. The van der Waals surface area contributed by atoms with Gasteiger partial charge in [0.15, 0.2) is 11.5 Å². The molecule has 8 rings (SSSR count). The van der Waals surface area contributed by atoms with Crippen LogP contribution in [0.4, 0.5) is 10.2 Å². The number of fused-ring (bicyclic) bond motifs is 4. The van der Waals surface area contributed by atoms with Crippen molar-refractivity contribution in [3.8, 4) is 23.3 Å². The Morgan fingerprint density at radius 1 is 1.18 bits per heavy atom. The van der Waals surface area contributed by atoms with Gasteiger partial charge in [-0.2, -0.15) is 15.2 Å². The quantitative estimate of drug-likeness (QED) is 0.252. The van der Waals surface area contributed by atoms with E-state index in [9.17, 15) is 14.4 Å². The Bertz CT molecular complexity index is 1840. The molecule has 2 aromatic carbocycles. The molecular formula is C33H31ClFN7O2. The molecule has 4 atom stereocenters. The van der Waals surface area contributed by atoms with E-state index < -0.39 is 17.8 Å². The van der Waals surface area contributed by atoms with Gasteiger partial charge in [-0.15, -0.1) is 0 Å². The summed E-state index contributed by atoms with van der Waals surface area (Å²) < 4.78 is 20.1. The Labute approximate surface area is 259 Å². The van der Waals surface area contributed by atoms with Crippen molar-refractivity contribution in [2.24, 2.45) is 0 Å². The normalized spacial score (nSPS) is 23.0. The number of pyridine rings is 1. The predicted octanol–water partition coefficient (Wildman–Crippen LogP) is 5.53. The number of nitriles is 1. The van der Waals surface area contributed by atoms with Crippen LogP contribution in [0.3, 0.4) is 0 Å². The number of aromatic nitrogens is 3. The number of hydrogen-bond donors (Lipinski definition) is 0. The van der Waals surface area contributed by atoms with Crippen molar-refractivity contribution in [1.82, 2.24) is 24.8 Å². The molecule has 11 heteroatoms. The first-order chi connectivity index (χ1) is 21.3. The third kappa shape index (κ3) is 4.81. The molecule has 4 saturated heterocycles. The fourth-order valence-corrected chi connectivity index (χ4v) is 7.31. The number of likely N-dealkylation sites (tertiary alicyclic amines) is 1. The molecule has 4 aliphatic rings. The van der Waals surface area contributed by atoms with Crippen molar-refractivity contribution in [3.63, 3.8) is 0 Å². The summed E-state index contributed by atoms with van der Waals surface area (Å²) in [7, 11) is 2.09. The van der Waals surface area contributed by atoms with Crippen LogP contribution in [0.2, 0.25) is 5.02 Å². The van der Waals surface area contributed by atoms with Gasteiger partial charge >= 0.3 is 6.01 Å². The number of amides is 1. The van der Waals surface area contributed by atoms with Gasteiger partial charge in [0.05, 0.1) is 41.7 Å². The summed E-state index contributed by atoms with van der Waals surface area (Å²) in [5.41, 5.74) is 2.07. The lowest BCUT2D eigenvalue weighted by Crippen LogP contribution is -2.74. The topological polar surface area (TPSA) is 98.5 Å². The molecule has 2 aromatic heterocycles. The molecule has 6 heterocycles. The molecule has 4 unspecified atom stereocenters. The van der Waals surface area contributed by atoms with Gasteiger partial charge in [-0.1, -0.05) is 48.5 Å². The lowest BCUT2D eigenvalue weighted by Gasteiger charge is -2.60. The third-order valence-corrected chi connectivity index (χ3v) is 9.59. The van der Waals surface area contributed by atoms with Crippen LogP contribution >= 0.6 is 11.6 Å². The number of piperidine rings is 1. The lowest BCUT2D eigenvalue weighted by atomic mass is 9.79. The van der Waals surface area contributed by atoms with Crippen LogP contribution < -0.4 is 9.64 Å². The van der Waals surface area contributed by atoms with Crippen LogP contribution in [-0.2, 0) is 4.79 Å². The predicted molar refractivity (Wildman–Crippen MR) is 167 cm³/mol. The van der Waals surface area contributed by atoms with Crippen LogP contribution in [0.5, 0.6) is 6.01 Å². The summed E-state index contributed by atoms with van der Waals surface area (Å²) in [4.78, 5) is 33.1. The summed E-state index contributed by atoms with van der Waals surface area (Å²) in [5, 5.41) is 12.9. The lowest BCUT2D eigenvalue weighted by molar-refractivity contribution is -0.135. The molecule has 1 amide bonds. The van der Waals surface area contributed by atoms with E-state index in [1.807, 2.05) is 48.5 Å². The van der Waals surface area contributed by atoms with Crippen molar-refractivity contribution in [3.05, 3.63) is 66.0 Å². The molecule has 4 fully saturated rings. The molecule has 2 bridgehead atoms. The number of hydrogen-bond acceptors (Lipinski definition) is 8. The number of ether oxygens (including phenoxy) is 1. The first-order valence-corrected chi connectivity index (χ1v) is 15.2. The molecule has 0 radical (unpaired) electrons. The fraction of sp³-hybridized carbons (Fsp3) is 0.364. The monoisotopic (exact) mass is 611 g/mol.